The number of sulfonamides is 1. The number of fused-ring (bicyclic) bond motifs is 1. The molecule has 1 aromatic heterocycles. The molecule has 0 saturated carbocycles. The third-order valence-corrected chi connectivity index (χ3v) is 4.57. The molecule has 0 fully saturated rings. The molecule has 0 saturated heterocycles. The van der Waals surface area contributed by atoms with Crippen molar-refractivity contribution in [2.45, 2.75) is 25.9 Å². The molecular formula is C15H16N4O2S. The molecule has 3 rings (SSSR count). The summed E-state index contributed by atoms with van der Waals surface area (Å²) in [5, 5.41) is 13.3. The highest BCUT2D eigenvalue weighted by atomic mass is 32.2. The van der Waals surface area contributed by atoms with Crippen LogP contribution in [-0.2, 0) is 23.0 Å². The van der Waals surface area contributed by atoms with Crippen LogP contribution in [0.5, 0.6) is 0 Å². The summed E-state index contributed by atoms with van der Waals surface area (Å²) in [6.07, 6.45) is 3.59. The normalized spacial score (nSPS) is 17.2. The zero-order valence-electron chi connectivity index (χ0n) is 12.4. The first-order chi connectivity index (χ1) is 10.4. The van der Waals surface area contributed by atoms with E-state index in [0.717, 1.165) is 22.4 Å². The van der Waals surface area contributed by atoms with Gasteiger partial charge in [0.1, 0.15) is 0 Å². The van der Waals surface area contributed by atoms with E-state index in [2.05, 4.69) is 15.9 Å². The number of aryl methyl sites for hydroxylation is 1. The third-order valence-electron chi connectivity index (χ3n) is 3.81. The minimum Gasteiger partial charge on any atom is -0.267 e. The van der Waals surface area contributed by atoms with Gasteiger partial charge in [0.15, 0.2) is 0 Å². The van der Waals surface area contributed by atoms with Gasteiger partial charge in [-0.25, -0.2) is 13.1 Å². The van der Waals surface area contributed by atoms with Crippen molar-refractivity contribution in [2.24, 2.45) is 0 Å². The first-order valence-electron chi connectivity index (χ1n) is 6.90. The van der Waals surface area contributed by atoms with Crippen molar-refractivity contribution in [3.05, 3.63) is 41.2 Å². The Labute approximate surface area is 129 Å². The second-order valence-electron chi connectivity index (χ2n) is 5.62. The van der Waals surface area contributed by atoms with Gasteiger partial charge in [0.2, 0.25) is 10.0 Å². The van der Waals surface area contributed by atoms with Crippen molar-refractivity contribution in [3.8, 4) is 17.2 Å². The fraction of sp³-hybridized carbons (Fsp3) is 0.333. The van der Waals surface area contributed by atoms with Crippen LogP contribution in [0.3, 0.4) is 0 Å². The molecule has 1 aromatic carbocycles. The highest BCUT2D eigenvalue weighted by Gasteiger charge is 2.27. The van der Waals surface area contributed by atoms with Gasteiger partial charge in [0.25, 0.3) is 0 Å². The lowest BCUT2D eigenvalue weighted by Gasteiger charge is -2.09. The summed E-state index contributed by atoms with van der Waals surface area (Å²) in [4.78, 5) is 0. The zero-order chi connectivity index (χ0) is 15.9. The van der Waals surface area contributed by atoms with Crippen LogP contribution in [0.25, 0.3) is 11.1 Å². The summed E-state index contributed by atoms with van der Waals surface area (Å²) < 4.78 is 27.2. The molecule has 2 heterocycles. The Morgan fingerprint density at radius 3 is 2.82 bits per heavy atom. The molecule has 1 N–H and O–H groups in total. The van der Waals surface area contributed by atoms with Crippen molar-refractivity contribution < 1.29 is 8.42 Å². The molecule has 1 aliphatic heterocycles. The Hall–Kier alpha value is -2.17. The summed E-state index contributed by atoms with van der Waals surface area (Å²) >= 11 is 0. The van der Waals surface area contributed by atoms with Crippen LogP contribution in [0, 0.1) is 18.3 Å². The number of nitrogens with zero attached hydrogens (tertiary/aromatic N) is 3. The smallest absolute Gasteiger partial charge is 0.209 e. The number of hydrogen-bond donors (Lipinski definition) is 1. The lowest BCUT2D eigenvalue weighted by molar-refractivity contribution is 0.528. The van der Waals surface area contributed by atoms with Crippen LogP contribution >= 0.6 is 0 Å². The molecule has 2 aromatic rings. The van der Waals surface area contributed by atoms with E-state index < -0.39 is 10.0 Å². The second-order valence-corrected chi connectivity index (χ2v) is 7.40. The Bertz CT molecular complexity index is 877. The predicted molar refractivity (Wildman–Crippen MR) is 82.6 cm³/mol. The van der Waals surface area contributed by atoms with E-state index in [1.54, 1.807) is 12.3 Å². The van der Waals surface area contributed by atoms with Gasteiger partial charge in [-0.2, -0.15) is 10.4 Å². The maximum atomic E-state index is 11.4. The molecule has 0 aliphatic carbocycles. The standard InChI is InChI=1S/C15H16N4O2S/c1-10-5-11(7-16)3-4-13(10)14-8-17-19-9-12(6-15(14)19)18-22(2,20)21/h3-5,8,12,18H,6,9H2,1-2H3. The summed E-state index contributed by atoms with van der Waals surface area (Å²) in [6, 6.07) is 7.52. The summed E-state index contributed by atoms with van der Waals surface area (Å²) in [5.41, 5.74) is 4.69. The highest BCUT2D eigenvalue weighted by Crippen LogP contribution is 2.31. The van der Waals surface area contributed by atoms with E-state index in [0.29, 0.717) is 18.5 Å². The molecular weight excluding hydrogens is 300 g/mol. The van der Waals surface area contributed by atoms with Crippen molar-refractivity contribution in [3.63, 3.8) is 0 Å². The molecule has 0 amide bonds. The van der Waals surface area contributed by atoms with Gasteiger partial charge in [0.05, 0.1) is 30.6 Å². The summed E-state index contributed by atoms with van der Waals surface area (Å²) in [5.74, 6) is 0. The van der Waals surface area contributed by atoms with E-state index >= 15 is 0 Å². The molecule has 114 valence electrons. The highest BCUT2D eigenvalue weighted by molar-refractivity contribution is 7.88. The van der Waals surface area contributed by atoms with Gasteiger partial charge in [0, 0.05) is 23.7 Å². The SMILES string of the molecule is Cc1cc(C#N)ccc1-c1cnn2c1CC(NS(C)(=O)=O)C2. The Kier molecular flexibility index (Phi) is 3.51. The average molecular weight is 316 g/mol. The van der Waals surface area contributed by atoms with Crippen molar-refractivity contribution in [1.82, 2.24) is 14.5 Å². The maximum Gasteiger partial charge on any atom is 0.209 e. The maximum absolute atomic E-state index is 11.4. The van der Waals surface area contributed by atoms with Gasteiger partial charge in [-0.3, -0.25) is 4.68 Å². The lowest BCUT2D eigenvalue weighted by Crippen LogP contribution is -2.35. The molecule has 22 heavy (non-hydrogen) atoms. The lowest BCUT2D eigenvalue weighted by atomic mass is 9.98. The summed E-state index contributed by atoms with van der Waals surface area (Å²) in [6.45, 7) is 2.50. The molecule has 0 bridgehead atoms. The fourth-order valence-electron chi connectivity index (χ4n) is 2.93. The van der Waals surface area contributed by atoms with Gasteiger partial charge in [-0.15, -0.1) is 0 Å². The molecule has 1 aliphatic rings. The monoisotopic (exact) mass is 316 g/mol. The first-order valence-corrected chi connectivity index (χ1v) is 8.79. The van der Waals surface area contributed by atoms with Gasteiger partial charge < -0.3 is 0 Å². The van der Waals surface area contributed by atoms with Crippen LogP contribution in [0.2, 0.25) is 0 Å². The van der Waals surface area contributed by atoms with Crippen molar-refractivity contribution in [1.29, 1.82) is 5.26 Å². The van der Waals surface area contributed by atoms with E-state index in [-0.39, 0.29) is 6.04 Å². The quantitative estimate of drug-likeness (QED) is 0.922. The third kappa shape index (κ3) is 2.75. The predicted octanol–water partition coefficient (Wildman–Crippen LogP) is 1.20. The van der Waals surface area contributed by atoms with Crippen molar-refractivity contribution >= 4 is 10.0 Å². The Morgan fingerprint density at radius 1 is 1.41 bits per heavy atom. The Morgan fingerprint density at radius 2 is 2.18 bits per heavy atom. The number of nitrogens with one attached hydrogen (secondary N) is 1. The van der Waals surface area contributed by atoms with Crippen LogP contribution in [-0.4, -0.2) is 30.5 Å². The minimum atomic E-state index is -3.22. The largest absolute Gasteiger partial charge is 0.267 e. The van der Waals surface area contributed by atoms with Gasteiger partial charge >= 0.3 is 0 Å². The molecule has 6 nitrogen and oxygen atoms in total. The number of rotatable bonds is 3. The van der Waals surface area contributed by atoms with Crippen LogP contribution in [0.4, 0.5) is 0 Å². The van der Waals surface area contributed by atoms with E-state index in [9.17, 15) is 8.42 Å². The number of nitriles is 1. The topological polar surface area (TPSA) is 87.8 Å². The number of benzene rings is 1. The second kappa shape index (κ2) is 5.23. The van der Waals surface area contributed by atoms with E-state index in [1.165, 1.54) is 6.26 Å². The number of hydrogen-bond acceptors (Lipinski definition) is 4. The molecule has 0 spiro atoms. The van der Waals surface area contributed by atoms with Crippen molar-refractivity contribution in [2.75, 3.05) is 6.26 Å². The van der Waals surface area contributed by atoms with Gasteiger partial charge in [-0.05, 0) is 30.2 Å². The zero-order valence-corrected chi connectivity index (χ0v) is 13.2. The van der Waals surface area contributed by atoms with Crippen LogP contribution in [0.1, 0.15) is 16.8 Å². The molecule has 0 radical (unpaired) electrons. The molecule has 1 atom stereocenters. The average Bonchev–Trinajstić information content (AvgIpc) is 2.96. The van der Waals surface area contributed by atoms with Crippen LogP contribution < -0.4 is 4.72 Å². The summed E-state index contributed by atoms with van der Waals surface area (Å²) in [7, 11) is -3.22. The van der Waals surface area contributed by atoms with E-state index in [1.807, 2.05) is 23.7 Å². The number of aromatic nitrogens is 2. The molecule has 1 unspecified atom stereocenters. The van der Waals surface area contributed by atoms with E-state index in [4.69, 9.17) is 5.26 Å². The van der Waals surface area contributed by atoms with Gasteiger partial charge in [-0.1, -0.05) is 6.07 Å². The molecule has 7 heteroatoms. The minimum absolute atomic E-state index is 0.156. The fourth-order valence-corrected chi connectivity index (χ4v) is 3.70. The Balaban J connectivity index is 1.93. The first kappa shape index (κ1) is 14.8. The van der Waals surface area contributed by atoms with Crippen LogP contribution in [0.15, 0.2) is 24.4 Å².